The molecule has 2 rings (SSSR count). The van der Waals surface area contributed by atoms with Crippen LogP contribution in [-0.4, -0.2) is 26.3 Å². The summed E-state index contributed by atoms with van der Waals surface area (Å²) in [7, 11) is -4.08. The van der Waals surface area contributed by atoms with Crippen LogP contribution in [0.5, 0.6) is 0 Å². The molecule has 0 aromatic heterocycles. The van der Waals surface area contributed by atoms with Crippen molar-refractivity contribution in [3.63, 3.8) is 0 Å². The van der Waals surface area contributed by atoms with E-state index in [0.717, 1.165) is 18.2 Å². The van der Waals surface area contributed by atoms with E-state index in [2.05, 4.69) is 4.72 Å². The average molecular weight is 321 g/mol. The first-order valence-corrected chi connectivity index (χ1v) is 7.47. The second-order valence-corrected chi connectivity index (χ2v) is 6.29. The topological polar surface area (TPSA) is 92.3 Å². The number of amides is 2. The zero-order valence-electron chi connectivity index (χ0n) is 10.0. The van der Waals surface area contributed by atoms with E-state index in [1.807, 2.05) is 5.32 Å². The number of hydrogen-bond donors (Lipinski definition) is 2. The molecule has 2 amide bonds. The molecule has 1 fully saturated rings. The van der Waals surface area contributed by atoms with Gasteiger partial charge < -0.3 is 0 Å². The fourth-order valence-corrected chi connectivity index (χ4v) is 3.51. The van der Waals surface area contributed by atoms with Crippen molar-refractivity contribution in [3.05, 3.63) is 29.0 Å². The molecule has 9 heteroatoms. The van der Waals surface area contributed by atoms with Crippen molar-refractivity contribution in [3.8, 4) is 0 Å². The van der Waals surface area contributed by atoms with E-state index >= 15 is 0 Å². The molecular weight excluding hydrogens is 311 g/mol. The van der Waals surface area contributed by atoms with Gasteiger partial charge in [-0.1, -0.05) is 11.6 Å². The standard InChI is InChI=1S/C11H10ClFN2O4S/c12-7-5-6(13)1-3-9(7)20(18,19)15-8-2-4-10(16)14-11(8)17/h1,3,5,8,15H,2,4H2,(H,14,16,17). The second kappa shape index (κ2) is 5.47. The minimum absolute atomic E-state index is 0.0378. The van der Waals surface area contributed by atoms with E-state index in [1.165, 1.54) is 0 Å². The summed E-state index contributed by atoms with van der Waals surface area (Å²) in [5, 5.41) is 1.74. The molecule has 0 bridgehead atoms. The maximum absolute atomic E-state index is 12.9. The number of carbonyl (C=O) groups excluding carboxylic acids is 2. The van der Waals surface area contributed by atoms with Crippen LogP contribution in [0.4, 0.5) is 4.39 Å². The lowest BCUT2D eigenvalue weighted by Crippen LogP contribution is -2.52. The van der Waals surface area contributed by atoms with Gasteiger partial charge in [-0.25, -0.2) is 12.8 Å². The maximum Gasteiger partial charge on any atom is 0.244 e. The lowest BCUT2D eigenvalue weighted by molar-refractivity contribution is -0.134. The van der Waals surface area contributed by atoms with Crippen LogP contribution in [0.25, 0.3) is 0 Å². The molecule has 0 spiro atoms. The third-order valence-electron chi connectivity index (χ3n) is 2.72. The third kappa shape index (κ3) is 3.14. The van der Waals surface area contributed by atoms with E-state index in [0.29, 0.717) is 0 Å². The first kappa shape index (κ1) is 14.9. The highest BCUT2D eigenvalue weighted by Gasteiger charge is 2.31. The average Bonchev–Trinajstić information content (AvgIpc) is 2.32. The number of carbonyl (C=O) groups is 2. The fourth-order valence-electron chi connectivity index (χ4n) is 1.75. The first-order valence-electron chi connectivity index (χ1n) is 5.60. The van der Waals surface area contributed by atoms with Crippen LogP contribution >= 0.6 is 11.6 Å². The van der Waals surface area contributed by atoms with Gasteiger partial charge in [0.05, 0.1) is 5.02 Å². The van der Waals surface area contributed by atoms with E-state index < -0.39 is 33.7 Å². The monoisotopic (exact) mass is 320 g/mol. The summed E-state index contributed by atoms with van der Waals surface area (Å²) in [5.41, 5.74) is 0. The van der Waals surface area contributed by atoms with Gasteiger partial charge in [-0.05, 0) is 24.6 Å². The molecule has 20 heavy (non-hydrogen) atoms. The number of piperidine rings is 1. The molecule has 1 aromatic rings. The Labute approximate surface area is 119 Å². The van der Waals surface area contributed by atoms with Crippen molar-refractivity contribution in [1.82, 2.24) is 10.0 Å². The molecule has 6 nitrogen and oxygen atoms in total. The van der Waals surface area contributed by atoms with Crippen LogP contribution < -0.4 is 10.0 Å². The Morgan fingerprint density at radius 2 is 2.05 bits per heavy atom. The third-order valence-corrected chi connectivity index (χ3v) is 4.67. The van der Waals surface area contributed by atoms with Gasteiger partial charge in [0, 0.05) is 6.42 Å². The summed E-state index contributed by atoms with van der Waals surface area (Å²) in [6.07, 6.45) is 0.0960. The van der Waals surface area contributed by atoms with Crippen LogP contribution in [0.1, 0.15) is 12.8 Å². The summed E-state index contributed by atoms with van der Waals surface area (Å²) in [6.45, 7) is 0. The Morgan fingerprint density at radius 1 is 1.35 bits per heavy atom. The smallest absolute Gasteiger partial charge is 0.244 e. The Morgan fingerprint density at radius 3 is 2.65 bits per heavy atom. The first-order chi connectivity index (χ1) is 9.29. The zero-order chi connectivity index (χ0) is 14.9. The van der Waals surface area contributed by atoms with Crippen LogP contribution in [0, 0.1) is 5.82 Å². The SMILES string of the molecule is O=C1CCC(NS(=O)(=O)c2ccc(F)cc2Cl)C(=O)N1. The molecule has 1 aromatic carbocycles. The molecule has 0 aliphatic carbocycles. The largest absolute Gasteiger partial charge is 0.295 e. The number of rotatable bonds is 3. The molecule has 0 saturated carbocycles. The van der Waals surface area contributed by atoms with Crippen molar-refractivity contribution in [2.45, 2.75) is 23.8 Å². The minimum atomic E-state index is -4.08. The normalized spacial score (nSPS) is 19.8. The van der Waals surface area contributed by atoms with Crippen LogP contribution in [-0.2, 0) is 19.6 Å². The van der Waals surface area contributed by atoms with Crippen molar-refractivity contribution in [2.24, 2.45) is 0 Å². The van der Waals surface area contributed by atoms with E-state index in [1.54, 1.807) is 0 Å². The predicted octanol–water partition coefficient (Wildman–Crippen LogP) is 0.563. The molecule has 1 atom stereocenters. The second-order valence-electron chi connectivity index (χ2n) is 4.20. The molecular formula is C11H10ClFN2O4S. The fraction of sp³-hybridized carbons (Fsp3) is 0.273. The highest BCUT2D eigenvalue weighted by atomic mass is 35.5. The van der Waals surface area contributed by atoms with E-state index in [4.69, 9.17) is 11.6 Å². The summed E-state index contributed by atoms with van der Waals surface area (Å²) >= 11 is 5.68. The van der Waals surface area contributed by atoms with Crippen LogP contribution in [0.3, 0.4) is 0 Å². The van der Waals surface area contributed by atoms with Crippen molar-refractivity contribution in [2.75, 3.05) is 0 Å². The van der Waals surface area contributed by atoms with Crippen molar-refractivity contribution >= 4 is 33.4 Å². The lowest BCUT2D eigenvalue weighted by atomic mass is 10.1. The predicted molar refractivity (Wildman–Crippen MR) is 67.9 cm³/mol. The summed E-state index contributed by atoms with van der Waals surface area (Å²) < 4.78 is 39.2. The number of halogens is 2. The van der Waals surface area contributed by atoms with Gasteiger partial charge in [-0.2, -0.15) is 4.72 Å². The molecule has 1 unspecified atom stereocenters. The number of benzene rings is 1. The summed E-state index contributed by atoms with van der Waals surface area (Å²) in [5.74, 6) is -1.84. The van der Waals surface area contributed by atoms with E-state index in [9.17, 15) is 22.4 Å². The quantitative estimate of drug-likeness (QED) is 0.796. The molecule has 1 heterocycles. The van der Waals surface area contributed by atoms with Gasteiger partial charge in [0.2, 0.25) is 21.8 Å². The van der Waals surface area contributed by atoms with Crippen LogP contribution in [0.2, 0.25) is 5.02 Å². The summed E-state index contributed by atoms with van der Waals surface area (Å²) in [4.78, 5) is 22.1. The number of nitrogens with one attached hydrogen (secondary N) is 2. The highest BCUT2D eigenvalue weighted by Crippen LogP contribution is 2.22. The van der Waals surface area contributed by atoms with E-state index in [-0.39, 0.29) is 22.8 Å². The Balaban J connectivity index is 2.23. The van der Waals surface area contributed by atoms with Crippen molar-refractivity contribution < 1.29 is 22.4 Å². The van der Waals surface area contributed by atoms with Gasteiger partial charge in [0.25, 0.3) is 0 Å². The molecule has 2 N–H and O–H groups in total. The Kier molecular flexibility index (Phi) is 4.07. The summed E-state index contributed by atoms with van der Waals surface area (Å²) in [6, 6.07) is 1.76. The van der Waals surface area contributed by atoms with Gasteiger partial charge in [-0.15, -0.1) is 0 Å². The Bertz CT molecular complexity index is 677. The molecule has 1 saturated heterocycles. The van der Waals surface area contributed by atoms with Crippen molar-refractivity contribution in [1.29, 1.82) is 0 Å². The lowest BCUT2D eigenvalue weighted by Gasteiger charge is -2.21. The van der Waals surface area contributed by atoms with Crippen LogP contribution in [0.15, 0.2) is 23.1 Å². The molecule has 1 aliphatic rings. The molecule has 1 aliphatic heterocycles. The molecule has 0 radical (unpaired) electrons. The number of imide groups is 1. The Hall–Kier alpha value is -1.51. The van der Waals surface area contributed by atoms with Gasteiger partial charge in [0.15, 0.2) is 0 Å². The number of sulfonamides is 1. The molecule has 108 valence electrons. The maximum atomic E-state index is 12.9. The van der Waals surface area contributed by atoms with Gasteiger partial charge in [0.1, 0.15) is 16.8 Å². The highest BCUT2D eigenvalue weighted by molar-refractivity contribution is 7.89. The minimum Gasteiger partial charge on any atom is -0.295 e. The van der Waals surface area contributed by atoms with Gasteiger partial charge >= 0.3 is 0 Å². The zero-order valence-corrected chi connectivity index (χ0v) is 11.6. The number of hydrogen-bond acceptors (Lipinski definition) is 4. The van der Waals surface area contributed by atoms with Gasteiger partial charge in [-0.3, -0.25) is 14.9 Å².